The number of rotatable bonds is 4. The second kappa shape index (κ2) is 4.72. The van der Waals surface area contributed by atoms with Crippen LogP contribution < -0.4 is 10.6 Å². The molecule has 0 radical (unpaired) electrons. The lowest BCUT2D eigenvalue weighted by molar-refractivity contribution is 0.0941. The molecule has 18 heavy (non-hydrogen) atoms. The summed E-state index contributed by atoms with van der Waals surface area (Å²) in [5.74, 6) is 2.22. The molecule has 0 spiro atoms. The molecule has 1 aromatic rings. The fourth-order valence-corrected chi connectivity index (χ4v) is 2.93. The molecule has 2 aliphatic heterocycles. The van der Waals surface area contributed by atoms with Crippen molar-refractivity contribution in [2.75, 3.05) is 24.2 Å². The smallest absolute Gasteiger partial charge is 0.224 e. The molecular weight excluding hydrogens is 228 g/mol. The molecule has 5 nitrogen and oxygen atoms in total. The lowest BCUT2D eigenvalue weighted by Gasteiger charge is -2.19. The minimum atomic E-state index is 0.466. The molecule has 3 heterocycles. The molecule has 2 saturated heterocycles. The predicted molar refractivity (Wildman–Crippen MR) is 70.8 cm³/mol. The Balaban J connectivity index is 1.62. The van der Waals surface area contributed by atoms with Gasteiger partial charge in [-0.1, -0.05) is 0 Å². The number of anilines is 2. The van der Waals surface area contributed by atoms with E-state index in [-0.39, 0.29) is 0 Å². The second-order valence-corrected chi connectivity index (χ2v) is 5.23. The van der Waals surface area contributed by atoms with Crippen molar-refractivity contribution < 1.29 is 4.74 Å². The third kappa shape index (κ3) is 2.14. The van der Waals surface area contributed by atoms with Crippen LogP contribution in [0.4, 0.5) is 11.8 Å². The number of hydrogen-bond donors (Lipinski definition) is 2. The highest BCUT2D eigenvalue weighted by atomic mass is 16.5. The van der Waals surface area contributed by atoms with Gasteiger partial charge in [0.05, 0.1) is 12.2 Å². The summed E-state index contributed by atoms with van der Waals surface area (Å²) in [5, 5.41) is 6.41. The van der Waals surface area contributed by atoms with Gasteiger partial charge in [0, 0.05) is 31.3 Å². The highest BCUT2D eigenvalue weighted by Crippen LogP contribution is 2.38. The van der Waals surface area contributed by atoms with Crippen molar-refractivity contribution in [3.8, 4) is 0 Å². The fraction of sp³-hybridized carbons (Fsp3) is 0.692. The van der Waals surface area contributed by atoms with Gasteiger partial charge in [0.2, 0.25) is 5.95 Å². The number of fused-ring (bicyclic) bond motifs is 2. The molecule has 98 valence electrons. The van der Waals surface area contributed by atoms with Crippen molar-refractivity contribution in [3.63, 3.8) is 0 Å². The van der Waals surface area contributed by atoms with Crippen molar-refractivity contribution in [2.45, 2.75) is 38.4 Å². The predicted octanol–water partition coefficient (Wildman–Crippen LogP) is 1.81. The van der Waals surface area contributed by atoms with Crippen LogP contribution in [0.2, 0.25) is 0 Å². The molecule has 2 fully saturated rings. The summed E-state index contributed by atoms with van der Waals surface area (Å²) in [6.45, 7) is 2.97. The van der Waals surface area contributed by atoms with Gasteiger partial charge in [-0.2, -0.15) is 4.98 Å². The zero-order valence-corrected chi connectivity index (χ0v) is 10.9. The Morgan fingerprint density at radius 1 is 1.44 bits per heavy atom. The first-order valence-corrected chi connectivity index (χ1v) is 6.67. The molecule has 3 rings (SSSR count). The van der Waals surface area contributed by atoms with E-state index >= 15 is 0 Å². The van der Waals surface area contributed by atoms with E-state index in [1.54, 1.807) is 0 Å². The highest BCUT2D eigenvalue weighted by molar-refractivity contribution is 5.46. The Morgan fingerprint density at radius 3 is 3.00 bits per heavy atom. The summed E-state index contributed by atoms with van der Waals surface area (Å²) in [6, 6.07) is 0. The summed E-state index contributed by atoms with van der Waals surface area (Å²) < 4.78 is 5.86. The first-order chi connectivity index (χ1) is 8.76. The van der Waals surface area contributed by atoms with Crippen LogP contribution in [0.5, 0.6) is 0 Å². The maximum absolute atomic E-state index is 5.86. The van der Waals surface area contributed by atoms with E-state index in [0.717, 1.165) is 17.9 Å². The van der Waals surface area contributed by atoms with Gasteiger partial charge in [-0.15, -0.1) is 0 Å². The van der Waals surface area contributed by atoms with Crippen molar-refractivity contribution in [2.24, 2.45) is 5.92 Å². The summed E-state index contributed by atoms with van der Waals surface area (Å²) in [6.07, 6.45) is 6.49. The van der Waals surface area contributed by atoms with Crippen molar-refractivity contribution in [1.82, 2.24) is 9.97 Å². The normalized spacial score (nSPS) is 29.6. The largest absolute Gasteiger partial charge is 0.375 e. The molecule has 3 atom stereocenters. The summed E-state index contributed by atoms with van der Waals surface area (Å²) in [7, 11) is 1.83. The summed E-state index contributed by atoms with van der Waals surface area (Å²) >= 11 is 0. The third-order valence-corrected chi connectivity index (χ3v) is 3.96. The van der Waals surface area contributed by atoms with Gasteiger partial charge in [0.15, 0.2) is 0 Å². The number of aromatic nitrogens is 2. The minimum absolute atomic E-state index is 0.466. The lowest BCUT2D eigenvalue weighted by atomic mass is 9.89. The Labute approximate surface area is 107 Å². The Kier molecular flexibility index (Phi) is 3.07. The lowest BCUT2D eigenvalue weighted by Crippen LogP contribution is -2.25. The molecule has 5 heteroatoms. The monoisotopic (exact) mass is 248 g/mol. The Hall–Kier alpha value is -1.36. The zero-order chi connectivity index (χ0) is 12.5. The average Bonchev–Trinajstić information content (AvgIpc) is 3.00. The molecule has 1 aromatic heterocycles. The first kappa shape index (κ1) is 11.7. The molecule has 3 unspecified atom stereocenters. The van der Waals surface area contributed by atoms with E-state index in [0.29, 0.717) is 24.1 Å². The Morgan fingerprint density at radius 2 is 2.33 bits per heavy atom. The van der Waals surface area contributed by atoms with E-state index in [4.69, 9.17) is 4.74 Å². The zero-order valence-electron chi connectivity index (χ0n) is 10.9. The summed E-state index contributed by atoms with van der Waals surface area (Å²) in [4.78, 5) is 8.63. The van der Waals surface area contributed by atoms with Gasteiger partial charge in [0.25, 0.3) is 0 Å². The van der Waals surface area contributed by atoms with Gasteiger partial charge in [-0.3, -0.25) is 0 Å². The van der Waals surface area contributed by atoms with E-state index < -0.39 is 0 Å². The fourth-order valence-electron chi connectivity index (χ4n) is 2.93. The summed E-state index contributed by atoms with van der Waals surface area (Å²) in [5.41, 5.74) is 1.08. The van der Waals surface area contributed by atoms with Crippen LogP contribution in [0.3, 0.4) is 0 Å². The van der Waals surface area contributed by atoms with Gasteiger partial charge >= 0.3 is 0 Å². The molecule has 2 bridgehead atoms. The molecule has 0 aromatic carbocycles. The number of ether oxygens (including phenoxy) is 1. The van der Waals surface area contributed by atoms with E-state index in [9.17, 15) is 0 Å². The molecular formula is C13H20N4O. The van der Waals surface area contributed by atoms with Crippen molar-refractivity contribution in [1.29, 1.82) is 0 Å². The van der Waals surface area contributed by atoms with Gasteiger partial charge in [-0.25, -0.2) is 4.98 Å². The topological polar surface area (TPSA) is 59.1 Å². The first-order valence-electron chi connectivity index (χ1n) is 6.67. The van der Waals surface area contributed by atoms with Gasteiger partial charge < -0.3 is 15.4 Å². The number of aryl methyl sites for hydroxylation is 1. The minimum Gasteiger partial charge on any atom is -0.375 e. The van der Waals surface area contributed by atoms with Crippen molar-refractivity contribution >= 4 is 11.8 Å². The van der Waals surface area contributed by atoms with E-state index in [2.05, 4.69) is 20.6 Å². The maximum Gasteiger partial charge on any atom is 0.224 e. The average molecular weight is 248 g/mol. The van der Waals surface area contributed by atoms with Crippen LogP contribution in [0.1, 0.15) is 24.8 Å². The quantitative estimate of drug-likeness (QED) is 0.851. The maximum atomic E-state index is 5.86. The SMILES string of the molecule is CNc1ncc(C)c(NCC2CC3CCC2O3)n1. The second-order valence-electron chi connectivity index (χ2n) is 5.23. The van der Waals surface area contributed by atoms with E-state index in [1.807, 2.05) is 20.2 Å². The molecule has 2 aliphatic rings. The molecule has 0 saturated carbocycles. The number of nitrogens with zero attached hydrogens (tertiary/aromatic N) is 2. The highest BCUT2D eigenvalue weighted by Gasteiger charge is 2.40. The molecule has 0 amide bonds. The molecule has 0 aliphatic carbocycles. The number of nitrogens with one attached hydrogen (secondary N) is 2. The van der Waals surface area contributed by atoms with Crippen molar-refractivity contribution in [3.05, 3.63) is 11.8 Å². The van der Waals surface area contributed by atoms with Gasteiger partial charge in [-0.05, 0) is 26.2 Å². The van der Waals surface area contributed by atoms with Crippen LogP contribution in [0.25, 0.3) is 0 Å². The molecule has 2 N–H and O–H groups in total. The van der Waals surface area contributed by atoms with Crippen LogP contribution in [-0.4, -0.2) is 35.8 Å². The van der Waals surface area contributed by atoms with E-state index in [1.165, 1.54) is 19.3 Å². The van der Waals surface area contributed by atoms with Crippen LogP contribution in [0, 0.1) is 12.8 Å². The van der Waals surface area contributed by atoms with Gasteiger partial charge in [0.1, 0.15) is 5.82 Å². The van der Waals surface area contributed by atoms with Crippen LogP contribution in [-0.2, 0) is 4.74 Å². The standard InChI is InChI=1S/C13H20N4O/c1-8-6-16-13(14-2)17-12(8)15-7-9-5-10-3-4-11(9)18-10/h6,9-11H,3-5,7H2,1-2H3,(H2,14,15,16,17). The van der Waals surface area contributed by atoms with Crippen LogP contribution >= 0.6 is 0 Å². The Bertz CT molecular complexity index is 437. The van der Waals surface area contributed by atoms with Crippen LogP contribution in [0.15, 0.2) is 6.20 Å². The number of hydrogen-bond acceptors (Lipinski definition) is 5. The third-order valence-electron chi connectivity index (χ3n) is 3.96.